The molecule has 3 nitrogen and oxygen atoms in total. The van der Waals surface area contributed by atoms with Crippen molar-refractivity contribution in [3.05, 3.63) is 21.5 Å². The summed E-state index contributed by atoms with van der Waals surface area (Å²) in [6, 6.07) is 1.80. The van der Waals surface area contributed by atoms with Gasteiger partial charge in [-0.3, -0.25) is 4.79 Å². The zero-order valence-electron chi connectivity index (χ0n) is 10.1. The highest BCUT2D eigenvalue weighted by molar-refractivity contribution is 14.1. The molecule has 1 aliphatic heterocycles. The molecule has 0 unspecified atom stereocenters. The minimum atomic E-state index is -2.61. The number of amides is 1. The van der Waals surface area contributed by atoms with Crippen molar-refractivity contribution in [2.24, 2.45) is 0 Å². The first-order chi connectivity index (χ1) is 8.43. The van der Waals surface area contributed by atoms with Gasteiger partial charge >= 0.3 is 0 Å². The van der Waals surface area contributed by atoms with Crippen molar-refractivity contribution in [3.8, 4) is 0 Å². The van der Waals surface area contributed by atoms with Crippen molar-refractivity contribution in [1.29, 1.82) is 0 Å². The second-order valence-corrected chi connectivity index (χ2v) is 5.72. The Bertz CT molecular complexity index is 449. The summed E-state index contributed by atoms with van der Waals surface area (Å²) in [4.78, 5) is 13.8. The van der Waals surface area contributed by atoms with Gasteiger partial charge in [0.15, 0.2) is 0 Å². The standard InChI is InChI=1S/C12H15F2IN2O/c1-2-16-8-9(15)7-10(16)11(18)17-5-3-12(13,14)4-6-17/h7-8H,2-6H2,1H3. The van der Waals surface area contributed by atoms with E-state index in [1.807, 2.05) is 17.7 Å². The molecule has 1 aliphatic rings. The SMILES string of the molecule is CCn1cc(I)cc1C(=O)N1CCC(F)(F)CC1. The molecule has 0 bridgehead atoms. The van der Waals surface area contributed by atoms with E-state index in [2.05, 4.69) is 22.6 Å². The van der Waals surface area contributed by atoms with Gasteiger partial charge in [0.05, 0.1) is 0 Å². The van der Waals surface area contributed by atoms with Gasteiger partial charge in [-0.25, -0.2) is 8.78 Å². The van der Waals surface area contributed by atoms with Crippen molar-refractivity contribution in [1.82, 2.24) is 9.47 Å². The molecule has 1 fully saturated rings. The normalized spacial score (nSPS) is 19.0. The third-order valence-corrected chi connectivity index (χ3v) is 3.80. The molecule has 2 heterocycles. The number of aryl methyl sites for hydroxylation is 1. The molecule has 1 aromatic heterocycles. The third-order valence-electron chi connectivity index (χ3n) is 3.21. The maximum Gasteiger partial charge on any atom is 0.270 e. The van der Waals surface area contributed by atoms with E-state index < -0.39 is 5.92 Å². The smallest absolute Gasteiger partial charge is 0.270 e. The Morgan fingerprint density at radius 1 is 1.44 bits per heavy atom. The van der Waals surface area contributed by atoms with Gasteiger partial charge in [-0.2, -0.15) is 0 Å². The van der Waals surface area contributed by atoms with Crippen LogP contribution in [0.25, 0.3) is 0 Å². The minimum absolute atomic E-state index is 0.136. The van der Waals surface area contributed by atoms with Crippen LogP contribution in [0.5, 0.6) is 0 Å². The van der Waals surface area contributed by atoms with E-state index in [1.54, 1.807) is 6.07 Å². The predicted octanol–water partition coefficient (Wildman–Crippen LogP) is 2.98. The topological polar surface area (TPSA) is 25.2 Å². The summed E-state index contributed by atoms with van der Waals surface area (Å²) in [7, 11) is 0. The second-order valence-electron chi connectivity index (χ2n) is 4.48. The van der Waals surface area contributed by atoms with Crippen LogP contribution < -0.4 is 0 Å². The molecule has 18 heavy (non-hydrogen) atoms. The van der Waals surface area contributed by atoms with E-state index in [-0.39, 0.29) is 31.8 Å². The van der Waals surface area contributed by atoms with E-state index in [4.69, 9.17) is 0 Å². The molecule has 0 aliphatic carbocycles. The molecule has 0 atom stereocenters. The van der Waals surface area contributed by atoms with Crippen molar-refractivity contribution >= 4 is 28.5 Å². The molecular weight excluding hydrogens is 353 g/mol. The first-order valence-corrected chi connectivity index (χ1v) is 7.03. The quantitative estimate of drug-likeness (QED) is 0.737. The number of piperidine rings is 1. The van der Waals surface area contributed by atoms with Crippen molar-refractivity contribution in [2.45, 2.75) is 32.2 Å². The van der Waals surface area contributed by atoms with Crippen LogP contribution >= 0.6 is 22.6 Å². The Labute approximate surface area is 118 Å². The van der Waals surface area contributed by atoms with Gasteiger partial charge in [0.25, 0.3) is 11.8 Å². The number of hydrogen-bond donors (Lipinski definition) is 0. The average Bonchev–Trinajstić information content (AvgIpc) is 2.69. The van der Waals surface area contributed by atoms with Gasteiger partial charge in [-0.1, -0.05) is 0 Å². The van der Waals surface area contributed by atoms with Crippen LogP contribution in [0.4, 0.5) is 8.78 Å². The first kappa shape index (κ1) is 13.8. The monoisotopic (exact) mass is 368 g/mol. The maximum atomic E-state index is 13.0. The summed E-state index contributed by atoms with van der Waals surface area (Å²) < 4.78 is 28.9. The van der Waals surface area contributed by atoms with Gasteiger partial charge < -0.3 is 9.47 Å². The number of carbonyl (C=O) groups is 1. The van der Waals surface area contributed by atoms with E-state index in [0.717, 1.165) is 3.57 Å². The van der Waals surface area contributed by atoms with Crippen LogP contribution in [0.15, 0.2) is 12.3 Å². The molecule has 1 saturated heterocycles. The average molecular weight is 368 g/mol. The second kappa shape index (κ2) is 5.14. The van der Waals surface area contributed by atoms with Crippen LogP contribution in [0.2, 0.25) is 0 Å². The van der Waals surface area contributed by atoms with Crippen LogP contribution in [0.1, 0.15) is 30.3 Å². The van der Waals surface area contributed by atoms with Crippen LogP contribution in [-0.4, -0.2) is 34.4 Å². The van der Waals surface area contributed by atoms with Crippen LogP contribution in [0.3, 0.4) is 0 Å². The fourth-order valence-corrected chi connectivity index (χ4v) is 2.75. The number of aromatic nitrogens is 1. The molecule has 0 N–H and O–H groups in total. The summed E-state index contributed by atoms with van der Waals surface area (Å²) in [6.45, 7) is 2.93. The maximum absolute atomic E-state index is 13.0. The Morgan fingerprint density at radius 3 is 2.61 bits per heavy atom. The summed E-state index contributed by atoms with van der Waals surface area (Å²) in [5.41, 5.74) is 0.590. The molecular formula is C12H15F2IN2O. The fourth-order valence-electron chi connectivity index (χ4n) is 2.11. The lowest BCUT2D eigenvalue weighted by Crippen LogP contribution is -2.43. The Kier molecular flexibility index (Phi) is 3.93. The minimum Gasteiger partial charge on any atom is -0.343 e. The Balaban J connectivity index is 2.12. The molecule has 1 amide bonds. The van der Waals surface area contributed by atoms with E-state index >= 15 is 0 Å². The third kappa shape index (κ3) is 2.84. The molecule has 0 radical (unpaired) electrons. The highest BCUT2D eigenvalue weighted by atomic mass is 127. The zero-order chi connectivity index (χ0) is 13.3. The number of likely N-dealkylation sites (tertiary alicyclic amines) is 1. The van der Waals surface area contributed by atoms with E-state index in [1.165, 1.54) is 4.90 Å². The predicted molar refractivity (Wildman–Crippen MR) is 72.9 cm³/mol. The molecule has 0 aromatic carbocycles. The van der Waals surface area contributed by atoms with Crippen molar-refractivity contribution in [2.75, 3.05) is 13.1 Å². The van der Waals surface area contributed by atoms with E-state index in [9.17, 15) is 13.6 Å². The molecule has 1 aromatic rings. The summed E-state index contributed by atoms with van der Waals surface area (Å²) >= 11 is 2.15. The molecule has 0 saturated carbocycles. The number of nitrogens with zero attached hydrogens (tertiary/aromatic N) is 2. The van der Waals surface area contributed by atoms with Gasteiger partial charge in [-0.15, -0.1) is 0 Å². The van der Waals surface area contributed by atoms with Crippen molar-refractivity contribution < 1.29 is 13.6 Å². The number of halogens is 3. The first-order valence-electron chi connectivity index (χ1n) is 5.96. The van der Waals surface area contributed by atoms with E-state index in [0.29, 0.717) is 12.2 Å². The van der Waals surface area contributed by atoms with Gasteiger partial charge in [0.2, 0.25) is 0 Å². The fraction of sp³-hybridized carbons (Fsp3) is 0.583. The van der Waals surface area contributed by atoms with Crippen molar-refractivity contribution in [3.63, 3.8) is 0 Å². The molecule has 2 rings (SSSR count). The van der Waals surface area contributed by atoms with Crippen LogP contribution in [0, 0.1) is 3.57 Å². The van der Waals surface area contributed by atoms with Gasteiger partial charge in [-0.05, 0) is 35.6 Å². The number of carbonyl (C=O) groups excluding carboxylic acids is 1. The molecule has 0 spiro atoms. The zero-order valence-corrected chi connectivity index (χ0v) is 12.3. The molecule has 100 valence electrons. The Morgan fingerprint density at radius 2 is 2.06 bits per heavy atom. The lowest BCUT2D eigenvalue weighted by molar-refractivity contribution is -0.0495. The summed E-state index contributed by atoms with van der Waals surface area (Å²) in [6.07, 6.45) is 1.43. The van der Waals surface area contributed by atoms with Gasteiger partial charge in [0, 0.05) is 42.2 Å². The molecule has 6 heteroatoms. The highest BCUT2D eigenvalue weighted by Gasteiger charge is 2.36. The number of rotatable bonds is 2. The van der Waals surface area contributed by atoms with Gasteiger partial charge in [0.1, 0.15) is 5.69 Å². The Hall–Kier alpha value is -0.660. The summed E-state index contributed by atoms with van der Waals surface area (Å²) in [5.74, 6) is -2.76. The lowest BCUT2D eigenvalue weighted by Gasteiger charge is -2.31. The number of hydrogen-bond acceptors (Lipinski definition) is 1. The number of alkyl halides is 2. The lowest BCUT2D eigenvalue weighted by atomic mass is 10.1. The van der Waals surface area contributed by atoms with Crippen LogP contribution in [-0.2, 0) is 6.54 Å². The highest BCUT2D eigenvalue weighted by Crippen LogP contribution is 2.28. The summed E-state index contributed by atoms with van der Waals surface area (Å²) in [5, 5.41) is 0. The largest absolute Gasteiger partial charge is 0.343 e.